The van der Waals surface area contributed by atoms with E-state index in [4.69, 9.17) is 16.3 Å². The Balaban J connectivity index is 2.58. The van der Waals surface area contributed by atoms with Crippen LogP contribution in [-0.4, -0.2) is 18.4 Å². The number of pyridine rings is 1. The van der Waals surface area contributed by atoms with Crippen LogP contribution in [0.5, 0.6) is 5.88 Å². The van der Waals surface area contributed by atoms with E-state index < -0.39 is 0 Å². The lowest BCUT2D eigenvalue weighted by molar-refractivity contribution is 0.112. The molecule has 0 saturated carbocycles. The van der Waals surface area contributed by atoms with Crippen LogP contribution in [-0.2, 0) is 0 Å². The van der Waals surface area contributed by atoms with E-state index in [2.05, 4.69) is 4.98 Å². The van der Waals surface area contributed by atoms with Crippen LogP contribution in [0.1, 0.15) is 10.4 Å². The Bertz CT molecular complexity index is 538. The highest BCUT2D eigenvalue weighted by Crippen LogP contribution is 2.28. The van der Waals surface area contributed by atoms with Gasteiger partial charge in [0.25, 0.3) is 0 Å². The third kappa shape index (κ3) is 2.29. The van der Waals surface area contributed by atoms with Crippen LogP contribution in [0.4, 0.5) is 0 Å². The summed E-state index contributed by atoms with van der Waals surface area (Å²) in [6, 6.07) is 9.03. The predicted octanol–water partition coefficient (Wildman–Crippen LogP) is 3.22. The minimum absolute atomic E-state index is 0.326. The maximum atomic E-state index is 11.1. The third-order valence-electron chi connectivity index (χ3n) is 2.42. The topological polar surface area (TPSA) is 39.2 Å². The first kappa shape index (κ1) is 11.6. The van der Waals surface area contributed by atoms with Gasteiger partial charge in [-0.1, -0.05) is 23.7 Å². The van der Waals surface area contributed by atoms with Crippen molar-refractivity contribution in [3.63, 3.8) is 0 Å². The molecule has 0 unspecified atom stereocenters. The summed E-state index contributed by atoms with van der Waals surface area (Å²) >= 11 is 5.82. The molecule has 0 aliphatic rings. The van der Waals surface area contributed by atoms with Crippen LogP contribution in [0.3, 0.4) is 0 Å². The number of methoxy groups -OCH3 is 1. The van der Waals surface area contributed by atoms with E-state index in [0.29, 0.717) is 16.5 Å². The molecule has 17 heavy (non-hydrogen) atoms. The summed E-state index contributed by atoms with van der Waals surface area (Å²) in [6.07, 6.45) is 2.35. The number of benzene rings is 1. The van der Waals surface area contributed by atoms with E-state index in [0.717, 1.165) is 17.4 Å². The summed E-state index contributed by atoms with van der Waals surface area (Å²) in [5.41, 5.74) is 2.12. The number of aldehydes is 1. The molecule has 0 bridgehead atoms. The van der Waals surface area contributed by atoms with Gasteiger partial charge in [0.1, 0.15) is 0 Å². The molecule has 0 atom stereocenters. The second-order valence-corrected chi connectivity index (χ2v) is 3.84. The van der Waals surface area contributed by atoms with Crippen molar-refractivity contribution in [2.24, 2.45) is 0 Å². The average Bonchev–Trinajstić information content (AvgIpc) is 2.38. The largest absolute Gasteiger partial charge is 0.480 e. The van der Waals surface area contributed by atoms with Crippen molar-refractivity contribution >= 4 is 17.9 Å². The summed E-state index contributed by atoms with van der Waals surface area (Å²) in [5.74, 6) is 0.326. The van der Waals surface area contributed by atoms with Gasteiger partial charge in [-0.25, -0.2) is 4.98 Å². The fraction of sp³-hybridized carbons (Fsp3) is 0.0769. The maximum absolute atomic E-state index is 11.1. The van der Waals surface area contributed by atoms with Gasteiger partial charge < -0.3 is 4.74 Å². The van der Waals surface area contributed by atoms with Crippen molar-refractivity contribution in [2.45, 2.75) is 0 Å². The highest BCUT2D eigenvalue weighted by Gasteiger charge is 2.10. The van der Waals surface area contributed by atoms with Gasteiger partial charge in [0.2, 0.25) is 5.88 Å². The Hall–Kier alpha value is -1.87. The zero-order valence-corrected chi connectivity index (χ0v) is 9.94. The molecule has 4 heteroatoms. The molecule has 0 spiro atoms. The van der Waals surface area contributed by atoms with Gasteiger partial charge in [0.05, 0.1) is 12.7 Å². The first-order valence-electron chi connectivity index (χ1n) is 5.00. The van der Waals surface area contributed by atoms with E-state index in [1.54, 1.807) is 24.4 Å². The maximum Gasteiger partial charge on any atom is 0.224 e. The molecule has 0 aliphatic heterocycles. The molecule has 1 aromatic carbocycles. The SMILES string of the molecule is COc1nccc(-c2ccc(Cl)cc2)c1C=O. The summed E-state index contributed by atoms with van der Waals surface area (Å²) in [7, 11) is 1.49. The first-order chi connectivity index (χ1) is 8.26. The van der Waals surface area contributed by atoms with E-state index in [1.807, 2.05) is 12.1 Å². The highest BCUT2D eigenvalue weighted by molar-refractivity contribution is 6.30. The van der Waals surface area contributed by atoms with Gasteiger partial charge >= 0.3 is 0 Å². The molecular weight excluding hydrogens is 238 g/mol. The van der Waals surface area contributed by atoms with E-state index in [-0.39, 0.29) is 0 Å². The monoisotopic (exact) mass is 247 g/mol. The van der Waals surface area contributed by atoms with Crippen LogP contribution < -0.4 is 4.74 Å². The van der Waals surface area contributed by atoms with Crippen LogP contribution >= 0.6 is 11.6 Å². The fourth-order valence-electron chi connectivity index (χ4n) is 1.61. The predicted molar refractivity (Wildman–Crippen MR) is 66.6 cm³/mol. The molecule has 3 nitrogen and oxygen atoms in total. The van der Waals surface area contributed by atoms with Crippen LogP contribution in [0.15, 0.2) is 36.5 Å². The van der Waals surface area contributed by atoms with Gasteiger partial charge in [-0.05, 0) is 29.3 Å². The Morgan fingerprint density at radius 2 is 1.94 bits per heavy atom. The molecular formula is C13H10ClNO2. The Morgan fingerprint density at radius 1 is 1.24 bits per heavy atom. The van der Waals surface area contributed by atoms with Gasteiger partial charge in [-0.2, -0.15) is 0 Å². The van der Waals surface area contributed by atoms with Crippen molar-refractivity contribution in [3.05, 3.63) is 47.1 Å². The number of nitrogens with zero attached hydrogens (tertiary/aromatic N) is 1. The molecule has 2 aromatic rings. The van der Waals surface area contributed by atoms with E-state index in [9.17, 15) is 4.79 Å². The Kier molecular flexibility index (Phi) is 3.40. The van der Waals surface area contributed by atoms with Crippen LogP contribution in [0.25, 0.3) is 11.1 Å². The number of rotatable bonds is 3. The Morgan fingerprint density at radius 3 is 2.53 bits per heavy atom. The molecule has 0 amide bonds. The van der Waals surface area contributed by atoms with Gasteiger partial charge in [0.15, 0.2) is 6.29 Å². The Labute approximate surface area is 104 Å². The minimum Gasteiger partial charge on any atom is -0.480 e. The van der Waals surface area contributed by atoms with Gasteiger partial charge in [-0.3, -0.25) is 4.79 Å². The molecule has 0 fully saturated rings. The summed E-state index contributed by atoms with van der Waals surface area (Å²) in [5, 5.41) is 0.655. The third-order valence-corrected chi connectivity index (χ3v) is 2.67. The average molecular weight is 248 g/mol. The van der Waals surface area contributed by atoms with E-state index in [1.165, 1.54) is 7.11 Å². The van der Waals surface area contributed by atoms with Crippen molar-refractivity contribution in [1.29, 1.82) is 0 Å². The number of halogens is 1. The van der Waals surface area contributed by atoms with Crippen LogP contribution in [0, 0.1) is 0 Å². The molecule has 0 N–H and O–H groups in total. The number of aromatic nitrogens is 1. The number of hydrogen-bond donors (Lipinski definition) is 0. The van der Waals surface area contributed by atoms with Crippen molar-refractivity contribution in [2.75, 3.05) is 7.11 Å². The molecule has 1 aromatic heterocycles. The number of ether oxygens (including phenoxy) is 1. The lowest BCUT2D eigenvalue weighted by Gasteiger charge is -2.08. The standard InChI is InChI=1S/C13H10ClNO2/c1-17-13-12(8-16)11(6-7-15-13)9-2-4-10(14)5-3-9/h2-8H,1H3. The first-order valence-corrected chi connectivity index (χ1v) is 5.38. The highest BCUT2D eigenvalue weighted by atomic mass is 35.5. The minimum atomic E-state index is 0.326. The zero-order chi connectivity index (χ0) is 12.3. The number of carbonyl (C=O) groups is 1. The number of carbonyl (C=O) groups excluding carboxylic acids is 1. The molecule has 0 radical (unpaired) electrons. The molecule has 0 saturated heterocycles. The molecule has 0 aliphatic carbocycles. The molecule has 86 valence electrons. The fourth-order valence-corrected chi connectivity index (χ4v) is 1.74. The number of hydrogen-bond acceptors (Lipinski definition) is 3. The smallest absolute Gasteiger partial charge is 0.224 e. The summed E-state index contributed by atoms with van der Waals surface area (Å²) in [4.78, 5) is 15.1. The summed E-state index contributed by atoms with van der Waals surface area (Å²) in [6.45, 7) is 0. The van der Waals surface area contributed by atoms with Crippen LogP contribution in [0.2, 0.25) is 5.02 Å². The second-order valence-electron chi connectivity index (χ2n) is 3.41. The van der Waals surface area contributed by atoms with Gasteiger partial charge in [-0.15, -0.1) is 0 Å². The lowest BCUT2D eigenvalue weighted by atomic mass is 10.0. The summed E-state index contributed by atoms with van der Waals surface area (Å²) < 4.78 is 5.05. The van der Waals surface area contributed by atoms with Gasteiger partial charge in [0, 0.05) is 11.2 Å². The lowest BCUT2D eigenvalue weighted by Crippen LogP contribution is -1.96. The normalized spacial score (nSPS) is 10.0. The second kappa shape index (κ2) is 4.97. The quantitative estimate of drug-likeness (QED) is 0.782. The molecule has 2 rings (SSSR count). The van der Waals surface area contributed by atoms with E-state index >= 15 is 0 Å². The van der Waals surface area contributed by atoms with Crippen molar-refractivity contribution < 1.29 is 9.53 Å². The molecule has 1 heterocycles. The van der Waals surface area contributed by atoms with Crippen molar-refractivity contribution in [1.82, 2.24) is 4.98 Å². The van der Waals surface area contributed by atoms with Crippen molar-refractivity contribution in [3.8, 4) is 17.0 Å². The zero-order valence-electron chi connectivity index (χ0n) is 9.18.